The van der Waals surface area contributed by atoms with Crippen molar-refractivity contribution in [3.63, 3.8) is 0 Å². The van der Waals surface area contributed by atoms with E-state index in [0.717, 1.165) is 18.4 Å². The first kappa shape index (κ1) is 16.9. The SMILES string of the molecule is CN(C)[C@H](CNS(C)(=O)=O)c1cccc(C(F)(F)F)c1. The standard InChI is InChI=1S/C12H17F3N2O2S/c1-17(2)11(8-16-20(3,18)19)9-5-4-6-10(7-9)12(13,14)15/h4-7,11,16H,8H2,1-3H3/t11-/m1/s1. The van der Waals surface area contributed by atoms with Crippen LogP contribution in [0.4, 0.5) is 13.2 Å². The van der Waals surface area contributed by atoms with Gasteiger partial charge in [0.25, 0.3) is 0 Å². The van der Waals surface area contributed by atoms with Crippen molar-refractivity contribution < 1.29 is 21.6 Å². The Morgan fingerprint density at radius 1 is 1.30 bits per heavy atom. The molecule has 1 aromatic carbocycles. The molecular formula is C12H17F3N2O2S. The number of benzene rings is 1. The van der Waals surface area contributed by atoms with Gasteiger partial charge in [-0.25, -0.2) is 13.1 Å². The molecule has 1 N–H and O–H groups in total. The van der Waals surface area contributed by atoms with E-state index >= 15 is 0 Å². The lowest BCUT2D eigenvalue weighted by molar-refractivity contribution is -0.137. The van der Waals surface area contributed by atoms with Gasteiger partial charge in [-0.15, -0.1) is 0 Å². The highest BCUT2D eigenvalue weighted by Gasteiger charge is 2.31. The van der Waals surface area contributed by atoms with Crippen LogP contribution in [0.25, 0.3) is 0 Å². The van der Waals surface area contributed by atoms with Gasteiger partial charge in [-0.1, -0.05) is 12.1 Å². The molecule has 8 heteroatoms. The molecule has 20 heavy (non-hydrogen) atoms. The molecule has 1 rings (SSSR count). The molecule has 0 aromatic heterocycles. The van der Waals surface area contributed by atoms with Crippen LogP contribution in [-0.2, 0) is 16.2 Å². The highest BCUT2D eigenvalue weighted by molar-refractivity contribution is 7.88. The summed E-state index contributed by atoms with van der Waals surface area (Å²) in [6.07, 6.45) is -3.41. The van der Waals surface area contributed by atoms with E-state index in [2.05, 4.69) is 4.72 Å². The van der Waals surface area contributed by atoms with E-state index in [0.29, 0.717) is 5.56 Å². The van der Waals surface area contributed by atoms with Crippen molar-refractivity contribution in [2.24, 2.45) is 0 Å². The Labute approximate surface area is 116 Å². The molecule has 1 aromatic rings. The van der Waals surface area contributed by atoms with Gasteiger partial charge in [0, 0.05) is 12.6 Å². The van der Waals surface area contributed by atoms with Crippen molar-refractivity contribution in [3.05, 3.63) is 35.4 Å². The first-order valence-electron chi connectivity index (χ1n) is 5.79. The Bertz CT molecular complexity index is 556. The molecule has 1 atom stereocenters. The fourth-order valence-corrected chi connectivity index (χ4v) is 2.21. The summed E-state index contributed by atoms with van der Waals surface area (Å²) in [5.74, 6) is 0. The zero-order valence-corrected chi connectivity index (χ0v) is 12.2. The van der Waals surface area contributed by atoms with Crippen LogP contribution >= 0.6 is 0 Å². The van der Waals surface area contributed by atoms with E-state index in [4.69, 9.17) is 0 Å². The van der Waals surface area contributed by atoms with Crippen LogP contribution < -0.4 is 4.72 Å². The highest BCUT2D eigenvalue weighted by Crippen LogP contribution is 2.31. The number of alkyl halides is 3. The molecule has 0 aliphatic heterocycles. The number of hydrogen-bond donors (Lipinski definition) is 1. The molecule has 0 amide bonds. The second kappa shape index (κ2) is 6.11. The van der Waals surface area contributed by atoms with Gasteiger partial charge in [0.15, 0.2) is 0 Å². The number of likely N-dealkylation sites (N-methyl/N-ethyl adjacent to an activating group) is 1. The van der Waals surface area contributed by atoms with E-state index in [1.54, 1.807) is 25.1 Å². The van der Waals surface area contributed by atoms with E-state index in [1.807, 2.05) is 0 Å². The molecule has 0 saturated heterocycles. The van der Waals surface area contributed by atoms with Gasteiger partial charge in [0.05, 0.1) is 11.8 Å². The molecule has 0 aliphatic carbocycles. The van der Waals surface area contributed by atoms with Crippen LogP contribution in [0.2, 0.25) is 0 Å². The lowest BCUT2D eigenvalue weighted by atomic mass is 10.0. The maximum Gasteiger partial charge on any atom is 0.416 e. The van der Waals surface area contributed by atoms with Crippen LogP contribution in [0.5, 0.6) is 0 Å². The largest absolute Gasteiger partial charge is 0.416 e. The third-order valence-electron chi connectivity index (χ3n) is 2.76. The Morgan fingerprint density at radius 2 is 1.90 bits per heavy atom. The first-order chi connectivity index (χ1) is 9.00. The third-order valence-corrected chi connectivity index (χ3v) is 3.45. The molecule has 0 fully saturated rings. The van der Waals surface area contributed by atoms with Crippen molar-refractivity contribution in [2.45, 2.75) is 12.2 Å². The van der Waals surface area contributed by atoms with Crippen LogP contribution in [0.15, 0.2) is 24.3 Å². The topological polar surface area (TPSA) is 49.4 Å². The van der Waals surface area contributed by atoms with Gasteiger partial charge in [0.1, 0.15) is 0 Å². The molecule has 0 spiro atoms. The zero-order chi connectivity index (χ0) is 15.6. The fourth-order valence-electron chi connectivity index (χ4n) is 1.75. The summed E-state index contributed by atoms with van der Waals surface area (Å²) in [6.45, 7) is 0.00709. The average molecular weight is 310 g/mol. The Morgan fingerprint density at radius 3 is 2.35 bits per heavy atom. The van der Waals surface area contributed by atoms with Gasteiger partial charge >= 0.3 is 6.18 Å². The minimum atomic E-state index is -4.42. The van der Waals surface area contributed by atoms with E-state index < -0.39 is 27.8 Å². The molecule has 114 valence electrons. The summed E-state index contributed by atoms with van der Waals surface area (Å²) >= 11 is 0. The summed E-state index contributed by atoms with van der Waals surface area (Å²) in [4.78, 5) is 1.66. The monoisotopic (exact) mass is 310 g/mol. The van der Waals surface area contributed by atoms with Crippen molar-refractivity contribution in [1.82, 2.24) is 9.62 Å². The number of nitrogens with one attached hydrogen (secondary N) is 1. The second-order valence-corrected chi connectivity index (χ2v) is 6.56. The average Bonchev–Trinajstić information content (AvgIpc) is 2.26. The van der Waals surface area contributed by atoms with Crippen molar-refractivity contribution in [2.75, 3.05) is 26.9 Å². The van der Waals surface area contributed by atoms with Crippen molar-refractivity contribution in [3.8, 4) is 0 Å². The normalized spacial score (nSPS) is 14.6. The minimum Gasteiger partial charge on any atom is -0.301 e. The van der Waals surface area contributed by atoms with E-state index in [1.165, 1.54) is 6.07 Å². The predicted molar refractivity (Wildman–Crippen MR) is 70.7 cm³/mol. The lowest BCUT2D eigenvalue weighted by Crippen LogP contribution is -2.34. The van der Waals surface area contributed by atoms with E-state index in [-0.39, 0.29) is 6.54 Å². The summed E-state index contributed by atoms with van der Waals surface area (Å²) in [7, 11) is -0.0472. The highest BCUT2D eigenvalue weighted by atomic mass is 32.2. The van der Waals surface area contributed by atoms with Gasteiger partial charge in [-0.2, -0.15) is 13.2 Å². The smallest absolute Gasteiger partial charge is 0.301 e. The molecule has 0 radical (unpaired) electrons. The zero-order valence-electron chi connectivity index (χ0n) is 11.4. The molecule has 4 nitrogen and oxygen atoms in total. The molecule has 0 unspecified atom stereocenters. The summed E-state index contributed by atoms with van der Waals surface area (Å²) in [6, 6.07) is 4.40. The number of halogens is 3. The van der Waals surface area contributed by atoms with Gasteiger partial charge in [-0.05, 0) is 31.8 Å². The van der Waals surface area contributed by atoms with Crippen LogP contribution in [0, 0.1) is 0 Å². The molecule has 0 heterocycles. The van der Waals surface area contributed by atoms with Crippen LogP contribution in [-0.4, -0.2) is 40.2 Å². The van der Waals surface area contributed by atoms with Crippen molar-refractivity contribution in [1.29, 1.82) is 0 Å². The summed E-state index contributed by atoms with van der Waals surface area (Å²) in [5, 5.41) is 0. The minimum absolute atomic E-state index is 0.00709. The molecule has 0 saturated carbocycles. The second-order valence-electron chi connectivity index (χ2n) is 4.72. The Hall–Kier alpha value is -1.12. The summed E-state index contributed by atoms with van der Waals surface area (Å²) in [5.41, 5.74) is -0.345. The molecule has 0 aliphatic rings. The third kappa shape index (κ3) is 5.10. The number of hydrogen-bond acceptors (Lipinski definition) is 3. The maximum atomic E-state index is 12.7. The molecule has 0 bridgehead atoms. The van der Waals surface area contributed by atoms with Gasteiger partial charge in [-0.3, -0.25) is 0 Å². The lowest BCUT2D eigenvalue weighted by Gasteiger charge is -2.25. The first-order valence-corrected chi connectivity index (χ1v) is 7.68. The van der Waals surface area contributed by atoms with Crippen LogP contribution in [0.3, 0.4) is 0 Å². The number of rotatable bonds is 5. The Balaban J connectivity index is 3.04. The molecular weight excluding hydrogens is 293 g/mol. The maximum absolute atomic E-state index is 12.7. The fraction of sp³-hybridized carbons (Fsp3) is 0.500. The number of nitrogens with zero attached hydrogens (tertiary/aromatic N) is 1. The summed E-state index contributed by atoms with van der Waals surface area (Å²) < 4.78 is 62.6. The van der Waals surface area contributed by atoms with Crippen LogP contribution in [0.1, 0.15) is 17.2 Å². The number of sulfonamides is 1. The predicted octanol–water partition coefficient (Wildman–Crippen LogP) is 1.86. The van der Waals surface area contributed by atoms with E-state index in [9.17, 15) is 21.6 Å². The van der Waals surface area contributed by atoms with Crippen molar-refractivity contribution >= 4 is 10.0 Å². The quantitative estimate of drug-likeness (QED) is 0.903. The Kier molecular flexibility index (Phi) is 5.17. The van der Waals surface area contributed by atoms with Gasteiger partial charge in [0.2, 0.25) is 10.0 Å². The van der Waals surface area contributed by atoms with Gasteiger partial charge < -0.3 is 4.90 Å².